The Morgan fingerprint density at radius 3 is 2.86 bits per heavy atom. The lowest BCUT2D eigenvalue weighted by Gasteiger charge is -2.35. The summed E-state index contributed by atoms with van der Waals surface area (Å²) in [6, 6.07) is 0. The normalized spacial score (nSPS) is 22.9. The van der Waals surface area contributed by atoms with Gasteiger partial charge in [-0.2, -0.15) is 5.10 Å². The van der Waals surface area contributed by atoms with E-state index in [-0.39, 0.29) is 36.0 Å². The summed E-state index contributed by atoms with van der Waals surface area (Å²) in [7, 11) is 1.91. The number of piperidine rings is 1. The maximum absolute atomic E-state index is 12.5. The number of aromatic nitrogens is 2. The quantitative estimate of drug-likeness (QED) is 0.367. The van der Waals surface area contributed by atoms with Crippen LogP contribution in [0.1, 0.15) is 44.8 Å². The van der Waals surface area contributed by atoms with Crippen molar-refractivity contribution in [2.24, 2.45) is 18.0 Å². The van der Waals surface area contributed by atoms with Crippen LogP contribution in [-0.2, 0) is 16.6 Å². The van der Waals surface area contributed by atoms with Gasteiger partial charge in [0.2, 0.25) is 5.91 Å². The van der Waals surface area contributed by atoms with E-state index in [2.05, 4.69) is 29.2 Å². The molecule has 2 aliphatic heterocycles. The SMILES string of the molecule is CCNC(=NCCC(=O)N1CCCC(C)C1)N1CCOC(c2cnn(C)c2)C1.I. The largest absolute Gasteiger partial charge is 0.370 e. The standard InChI is InChI=1S/C20H34N6O2.HI/c1-4-21-20(22-8-7-19(27)25-9-5-6-16(2)13-25)26-10-11-28-18(15-26)17-12-23-24(3)14-17;/h12,14,16,18H,4-11,13,15H2,1-3H3,(H,21,22);1H. The monoisotopic (exact) mass is 518 g/mol. The molecule has 0 aromatic carbocycles. The third-order valence-electron chi connectivity index (χ3n) is 5.39. The number of guanidine groups is 1. The molecule has 0 spiro atoms. The van der Waals surface area contributed by atoms with Gasteiger partial charge in [-0.1, -0.05) is 6.92 Å². The van der Waals surface area contributed by atoms with Gasteiger partial charge in [0.15, 0.2) is 5.96 Å². The van der Waals surface area contributed by atoms with Gasteiger partial charge in [0.05, 0.1) is 25.9 Å². The van der Waals surface area contributed by atoms with Crippen molar-refractivity contribution in [3.8, 4) is 0 Å². The zero-order valence-corrected chi connectivity index (χ0v) is 20.2. The average Bonchev–Trinajstić information content (AvgIpc) is 3.14. The molecule has 2 saturated heterocycles. The summed E-state index contributed by atoms with van der Waals surface area (Å²) in [5, 5.41) is 7.61. The van der Waals surface area contributed by atoms with E-state index in [0.29, 0.717) is 25.5 Å². The summed E-state index contributed by atoms with van der Waals surface area (Å²) in [6.45, 7) is 9.55. The molecule has 2 fully saturated rings. The summed E-state index contributed by atoms with van der Waals surface area (Å²) in [4.78, 5) is 21.4. The first kappa shape index (κ1) is 23.9. The molecule has 2 atom stereocenters. The highest BCUT2D eigenvalue weighted by Crippen LogP contribution is 2.21. The summed E-state index contributed by atoms with van der Waals surface area (Å²) in [5.74, 6) is 1.69. The lowest BCUT2D eigenvalue weighted by molar-refractivity contribution is -0.132. The van der Waals surface area contributed by atoms with Crippen LogP contribution in [0.3, 0.4) is 0 Å². The fraction of sp³-hybridized carbons (Fsp3) is 0.750. The Kier molecular flexibility index (Phi) is 9.67. The number of aryl methyl sites for hydroxylation is 1. The van der Waals surface area contributed by atoms with Crippen molar-refractivity contribution < 1.29 is 9.53 Å². The smallest absolute Gasteiger partial charge is 0.224 e. The Hall–Kier alpha value is -1.36. The zero-order chi connectivity index (χ0) is 19.9. The predicted molar refractivity (Wildman–Crippen MR) is 124 cm³/mol. The van der Waals surface area contributed by atoms with Crippen LogP contribution in [0, 0.1) is 5.92 Å². The number of aliphatic imine (C=N–C) groups is 1. The molecule has 2 unspecified atom stereocenters. The first-order chi connectivity index (χ1) is 13.6. The van der Waals surface area contributed by atoms with E-state index < -0.39 is 0 Å². The molecule has 1 N–H and O–H groups in total. The Bertz CT molecular complexity index is 680. The fourth-order valence-electron chi connectivity index (χ4n) is 3.91. The molecule has 0 radical (unpaired) electrons. The van der Waals surface area contributed by atoms with Crippen molar-refractivity contribution in [2.45, 2.75) is 39.2 Å². The van der Waals surface area contributed by atoms with Crippen LogP contribution in [0.25, 0.3) is 0 Å². The number of carbonyl (C=O) groups excluding carboxylic acids is 1. The molecule has 0 saturated carbocycles. The van der Waals surface area contributed by atoms with Gasteiger partial charge in [0.25, 0.3) is 0 Å². The number of likely N-dealkylation sites (tertiary alicyclic amines) is 1. The molecule has 164 valence electrons. The summed E-state index contributed by atoms with van der Waals surface area (Å²) >= 11 is 0. The maximum atomic E-state index is 12.5. The number of morpholine rings is 1. The van der Waals surface area contributed by atoms with E-state index >= 15 is 0 Å². The van der Waals surface area contributed by atoms with Crippen LogP contribution in [0.2, 0.25) is 0 Å². The fourth-order valence-corrected chi connectivity index (χ4v) is 3.91. The highest BCUT2D eigenvalue weighted by molar-refractivity contribution is 14.0. The van der Waals surface area contributed by atoms with Crippen molar-refractivity contribution in [3.05, 3.63) is 18.0 Å². The molecule has 1 amide bonds. The van der Waals surface area contributed by atoms with Crippen LogP contribution >= 0.6 is 24.0 Å². The number of nitrogens with zero attached hydrogens (tertiary/aromatic N) is 5. The minimum atomic E-state index is -0.0113. The number of ether oxygens (including phenoxy) is 1. The summed E-state index contributed by atoms with van der Waals surface area (Å²) < 4.78 is 7.73. The average molecular weight is 518 g/mol. The van der Waals surface area contributed by atoms with E-state index in [4.69, 9.17) is 9.73 Å². The third-order valence-corrected chi connectivity index (χ3v) is 5.39. The third kappa shape index (κ3) is 6.84. The van der Waals surface area contributed by atoms with E-state index in [1.165, 1.54) is 6.42 Å². The van der Waals surface area contributed by atoms with Crippen molar-refractivity contribution in [2.75, 3.05) is 45.9 Å². The number of amides is 1. The van der Waals surface area contributed by atoms with Crippen LogP contribution in [0.15, 0.2) is 17.4 Å². The van der Waals surface area contributed by atoms with Crippen molar-refractivity contribution in [1.29, 1.82) is 0 Å². The second-order valence-electron chi connectivity index (χ2n) is 7.83. The number of nitrogens with one attached hydrogen (secondary N) is 1. The predicted octanol–water partition coefficient (Wildman–Crippen LogP) is 2.03. The number of halogens is 1. The molecular formula is C20H35IN6O2. The van der Waals surface area contributed by atoms with Crippen molar-refractivity contribution >= 4 is 35.8 Å². The van der Waals surface area contributed by atoms with Gasteiger partial charge >= 0.3 is 0 Å². The van der Waals surface area contributed by atoms with E-state index in [0.717, 1.165) is 50.7 Å². The van der Waals surface area contributed by atoms with Crippen LogP contribution in [0.4, 0.5) is 0 Å². The van der Waals surface area contributed by atoms with Gasteiger partial charge in [0, 0.05) is 51.4 Å². The van der Waals surface area contributed by atoms with Crippen LogP contribution in [0.5, 0.6) is 0 Å². The second kappa shape index (κ2) is 11.7. The van der Waals surface area contributed by atoms with Gasteiger partial charge in [-0.3, -0.25) is 14.5 Å². The lowest BCUT2D eigenvalue weighted by atomic mass is 10.00. The maximum Gasteiger partial charge on any atom is 0.224 e. The van der Waals surface area contributed by atoms with Crippen molar-refractivity contribution in [1.82, 2.24) is 24.9 Å². The lowest BCUT2D eigenvalue weighted by Crippen LogP contribution is -2.48. The molecule has 8 nitrogen and oxygen atoms in total. The summed E-state index contributed by atoms with van der Waals surface area (Å²) in [5.41, 5.74) is 1.08. The molecule has 2 aliphatic rings. The molecular weight excluding hydrogens is 483 g/mol. The topological polar surface area (TPSA) is 75.0 Å². The van der Waals surface area contributed by atoms with Gasteiger partial charge in [-0.05, 0) is 25.7 Å². The molecule has 29 heavy (non-hydrogen) atoms. The minimum Gasteiger partial charge on any atom is -0.370 e. The minimum absolute atomic E-state index is 0. The Morgan fingerprint density at radius 1 is 1.34 bits per heavy atom. The number of hydrogen-bond acceptors (Lipinski definition) is 4. The van der Waals surface area contributed by atoms with E-state index in [9.17, 15) is 4.79 Å². The Labute approximate surface area is 191 Å². The first-order valence-corrected chi connectivity index (χ1v) is 10.5. The van der Waals surface area contributed by atoms with Gasteiger partial charge < -0.3 is 19.9 Å². The molecule has 1 aromatic heterocycles. The van der Waals surface area contributed by atoms with Crippen LogP contribution < -0.4 is 5.32 Å². The number of rotatable bonds is 5. The Balaban J connectivity index is 0.00000300. The molecule has 0 bridgehead atoms. The zero-order valence-electron chi connectivity index (χ0n) is 17.8. The van der Waals surface area contributed by atoms with E-state index in [1.54, 1.807) is 4.68 Å². The molecule has 9 heteroatoms. The number of hydrogen-bond donors (Lipinski definition) is 1. The Morgan fingerprint density at radius 2 is 2.17 bits per heavy atom. The second-order valence-corrected chi connectivity index (χ2v) is 7.83. The van der Waals surface area contributed by atoms with Crippen LogP contribution in [-0.4, -0.2) is 77.3 Å². The first-order valence-electron chi connectivity index (χ1n) is 10.5. The number of carbonyl (C=O) groups is 1. The highest BCUT2D eigenvalue weighted by Gasteiger charge is 2.25. The van der Waals surface area contributed by atoms with Crippen molar-refractivity contribution in [3.63, 3.8) is 0 Å². The highest BCUT2D eigenvalue weighted by atomic mass is 127. The molecule has 3 rings (SSSR count). The molecule has 1 aromatic rings. The summed E-state index contributed by atoms with van der Waals surface area (Å²) in [6.07, 6.45) is 6.65. The molecule has 0 aliphatic carbocycles. The van der Waals surface area contributed by atoms with E-state index in [1.807, 2.05) is 24.3 Å². The van der Waals surface area contributed by atoms with Gasteiger partial charge in [-0.15, -0.1) is 24.0 Å². The van der Waals surface area contributed by atoms with Gasteiger partial charge in [-0.25, -0.2) is 0 Å². The van der Waals surface area contributed by atoms with Gasteiger partial charge in [0.1, 0.15) is 6.10 Å². The molecule has 3 heterocycles.